The van der Waals surface area contributed by atoms with Gasteiger partial charge in [0, 0.05) is 28.2 Å². The van der Waals surface area contributed by atoms with Crippen LogP contribution in [0, 0.1) is 5.41 Å². The Labute approximate surface area is 205 Å². The highest BCUT2D eigenvalue weighted by atomic mass is 16.3. The van der Waals surface area contributed by atoms with Gasteiger partial charge in [-0.1, -0.05) is 115 Å². The Bertz CT molecular complexity index is 1120. The number of aliphatic hydroxyl groups excluding tert-OH is 1. The lowest BCUT2D eigenvalue weighted by Gasteiger charge is -2.32. The second-order valence-corrected chi connectivity index (χ2v) is 11.3. The Hall–Kier alpha value is -2.91. The number of aliphatic hydroxyl groups is 1. The molecule has 0 aliphatic carbocycles. The molecule has 1 atom stereocenters. The summed E-state index contributed by atoms with van der Waals surface area (Å²) in [5, 5.41) is 21.4. The highest BCUT2D eigenvalue weighted by Gasteiger charge is 2.32. The molecule has 3 aromatic rings. The van der Waals surface area contributed by atoms with Gasteiger partial charge in [-0.05, 0) is 28.2 Å². The van der Waals surface area contributed by atoms with Gasteiger partial charge in [0.1, 0.15) is 5.75 Å². The zero-order chi connectivity index (χ0) is 25.1. The Morgan fingerprint density at radius 3 is 1.71 bits per heavy atom. The number of benzene rings is 3. The van der Waals surface area contributed by atoms with Crippen molar-refractivity contribution in [2.45, 2.75) is 65.3 Å². The maximum Gasteiger partial charge on any atom is 0.128 e. The van der Waals surface area contributed by atoms with E-state index in [-0.39, 0.29) is 29.2 Å². The molecule has 34 heavy (non-hydrogen) atoms. The minimum atomic E-state index is -0.420. The fraction of sp³-hybridized carbons (Fsp3) is 0.387. The Morgan fingerprint density at radius 2 is 1.24 bits per heavy atom. The molecule has 0 unspecified atom stereocenters. The first kappa shape index (κ1) is 25.7. The van der Waals surface area contributed by atoms with E-state index in [1.54, 1.807) is 6.21 Å². The quantitative estimate of drug-likeness (QED) is 0.380. The Morgan fingerprint density at radius 1 is 0.735 bits per heavy atom. The van der Waals surface area contributed by atoms with E-state index < -0.39 is 5.41 Å². The molecular weight excluding hydrogens is 418 g/mol. The molecule has 0 saturated heterocycles. The van der Waals surface area contributed by atoms with E-state index in [4.69, 9.17) is 4.99 Å². The summed E-state index contributed by atoms with van der Waals surface area (Å²) in [6.07, 6.45) is 1.73. The predicted octanol–water partition coefficient (Wildman–Crippen LogP) is 6.87. The molecule has 0 amide bonds. The predicted molar refractivity (Wildman–Crippen MR) is 143 cm³/mol. The van der Waals surface area contributed by atoms with E-state index in [9.17, 15) is 10.2 Å². The minimum Gasteiger partial charge on any atom is -0.507 e. The van der Waals surface area contributed by atoms with E-state index in [0.717, 1.165) is 16.7 Å². The van der Waals surface area contributed by atoms with Gasteiger partial charge in [-0.3, -0.25) is 4.99 Å². The highest BCUT2D eigenvalue weighted by molar-refractivity contribution is 5.85. The summed E-state index contributed by atoms with van der Waals surface area (Å²) >= 11 is 0. The molecule has 3 rings (SSSR count). The van der Waals surface area contributed by atoms with E-state index in [1.165, 1.54) is 5.56 Å². The van der Waals surface area contributed by atoms with Gasteiger partial charge in [0.15, 0.2) is 0 Å². The highest BCUT2D eigenvalue weighted by Crippen LogP contribution is 2.42. The zero-order valence-corrected chi connectivity index (χ0v) is 21.6. The molecule has 3 heteroatoms. The molecule has 0 fully saturated rings. The Balaban J connectivity index is 2.23. The van der Waals surface area contributed by atoms with Gasteiger partial charge in [0.25, 0.3) is 0 Å². The number of phenols is 1. The summed E-state index contributed by atoms with van der Waals surface area (Å²) < 4.78 is 0. The molecule has 0 aromatic heterocycles. The van der Waals surface area contributed by atoms with E-state index in [0.29, 0.717) is 5.56 Å². The maximum atomic E-state index is 11.5. The second-order valence-electron chi connectivity index (χ2n) is 11.3. The summed E-state index contributed by atoms with van der Waals surface area (Å²) in [6, 6.07) is 24.6. The topological polar surface area (TPSA) is 52.8 Å². The van der Waals surface area contributed by atoms with Crippen LogP contribution in [-0.4, -0.2) is 29.1 Å². The largest absolute Gasteiger partial charge is 0.507 e. The van der Waals surface area contributed by atoms with E-state index in [2.05, 4.69) is 90.9 Å². The number of aliphatic imine (C=N–C) groups is 1. The van der Waals surface area contributed by atoms with Crippen LogP contribution in [0.2, 0.25) is 0 Å². The molecule has 0 saturated carbocycles. The third-order valence-corrected chi connectivity index (χ3v) is 7.09. The van der Waals surface area contributed by atoms with Gasteiger partial charge in [-0.2, -0.15) is 0 Å². The number of hydrogen-bond acceptors (Lipinski definition) is 3. The van der Waals surface area contributed by atoms with Crippen LogP contribution in [0.4, 0.5) is 0 Å². The molecule has 3 aromatic carbocycles. The Kier molecular flexibility index (Phi) is 7.38. The fourth-order valence-corrected chi connectivity index (χ4v) is 4.34. The molecule has 3 nitrogen and oxygen atoms in total. The second kappa shape index (κ2) is 9.76. The summed E-state index contributed by atoms with van der Waals surface area (Å²) in [4.78, 5) is 4.70. The summed E-state index contributed by atoms with van der Waals surface area (Å²) in [5.41, 5.74) is 4.08. The van der Waals surface area contributed by atoms with Crippen molar-refractivity contribution in [2.24, 2.45) is 10.4 Å². The first-order valence-electron chi connectivity index (χ1n) is 12.0. The van der Waals surface area contributed by atoms with Crippen molar-refractivity contribution in [3.63, 3.8) is 0 Å². The molecule has 0 aliphatic rings. The number of aromatic hydroxyl groups is 1. The SMILES string of the molecule is CC(C)(c1ccccc1)c1cc(C=N[C@H](CO)C(C)(C)C)c(O)c(C(C)(C)c2ccccc2)c1. The van der Waals surface area contributed by atoms with Crippen molar-refractivity contribution in [3.8, 4) is 5.75 Å². The van der Waals surface area contributed by atoms with Crippen molar-refractivity contribution in [1.29, 1.82) is 0 Å². The van der Waals surface area contributed by atoms with Crippen molar-refractivity contribution in [3.05, 3.63) is 101 Å². The zero-order valence-electron chi connectivity index (χ0n) is 21.6. The van der Waals surface area contributed by atoms with E-state index in [1.807, 2.05) is 30.3 Å². The number of hydrogen-bond donors (Lipinski definition) is 2. The average Bonchev–Trinajstić information content (AvgIpc) is 2.80. The average molecular weight is 458 g/mol. The first-order valence-corrected chi connectivity index (χ1v) is 12.0. The van der Waals surface area contributed by atoms with Crippen molar-refractivity contribution in [2.75, 3.05) is 6.61 Å². The van der Waals surface area contributed by atoms with Gasteiger partial charge < -0.3 is 10.2 Å². The monoisotopic (exact) mass is 457 g/mol. The van der Waals surface area contributed by atoms with E-state index >= 15 is 0 Å². The van der Waals surface area contributed by atoms with Crippen molar-refractivity contribution < 1.29 is 10.2 Å². The first-order chi connectivity index (χ1) is 15.9. The molecule has 0 aliphatic heterocycles. The molecule has 0 bridgehead atoms. The van der Waals surface area contributed by atoms with Crippen LogP contribution in [0.1, 0.15) is 76.3 Å². The third-order valence-electron chi connectivity index (χ3n) is 7.09. The minimum absolute atomic E-state index is 0.0433. The van der Waals surface area contributed by atoms with Crippen LogP contribution < -0.4 is 0 Å². The third kappa shape index (κ3) is 5.26. The summed E-state index contributed by atoms with van der Waals surface area (Å²) in [5.74, 6) is 0.232. The van der Waals surface area contributed by atoms with Crippen LogP contribution in [0.5, 0.6) is 5.75 Å². The molecule has 2 N–H and O–H groups in total. The maximum absolute atomic E-state index is 11.5. The lowest BCUT2D eigenvalue weighted by Crippen LogP contribution is -2.28. The lowest BCUT2D eigenvalue weighted by molar-refractivity contribution is 0.191. The normalized spacial score (nSPS) is 13.9. The van der Waals surface area contributed by atoms with Crippen LogP contribution in [0.15, 0.2) is 77.8 Å². The van der Waals surface area contributed by atoms with Crippen LogP contribution in [-0.2, 0) is 10.8 Å². The van der Waals surface area contributed by atoms with Crippen molar-refractivity contribution >= 4 is 6.21 Å². The fourth-order valence-electron chi connectivity index (χ4n) is 4.34. The number of rotatable bonds is 7. The van der Waals surface area contributed by atoms with Gasteiger partial charge >= 0.3 is 0 Å². The van der Waals surface area contributed by atoms with Crippen molar-refractivity contribution in [1.82, 2.24) is 0 Å². The van der Waals surface area contributed by atoms with Gasteiger partial charge in [0.2, 0.25) is 0 Å². The van der Waals surface area contributed by atoms with Gasteiger partial charge in [-0.25, -0.2) is 0 Å². The van der Waals surface area contributed by atoms with Crippen LogP contribution in [0.25, 0.3) is 0 Å². The number of nitrogens with zero attached hydrogens (tertiary/aromatic N) is 1. The molecule has 180 valence electrons. The number of phenolic OH excluding ortho intramolecular Hbond substituents is 1. The molecule has 0 spiro atoms. The van der Waals surface area contributed by atoms with Crippen LogP contribution in [0.3, 0.4) is 0 Å². The van der Waals surface area contributed by atoms with Gasteiger partial charge in [-0.15, -0.1) is 0 Å². The summed E-state index contributed by atoms with van der Waals surface area (Å²) in [6.45, 7) is 14.8. The summed E-state index contributed by atoms with van der Waals surface area (Å²) in [7, 11) is 0. The van der Waals surface area contributed by atoms with Crippen LogP contribution >= 0.6 is 0 Å². The van der Waals surface area contributed by atoms with Gasteiger partial charge in [0.05, 0.1) is 12.6 Å². The lowest BCUT2D eigenvalue weighted by atomic mass is 9.72. The standard InChI is InChI=1S/C31H39NO2/c1-29(2,3)27(21-33)32-20-22-18-25(30(4,5)23-14-10-8-11-15-23)19-26(28(22)34)31(6,7)24-16-12-9-13-17-24/h8-20,27,33-34H,21H2,1-7H3/t27-/m1/s1. The molecular formula is C31H39NO2. The molecule has 0 radical (unpaired) electrons. The molecule has 0 heterocycles. The smallest absolute Gasteiger partial charge is 0.128 e.